The van der Waals surface area contributed by atoms with Crippen LogP contribution in [0.25, 0.3) is 0 Å². The van der Waals surface area contributed by atoms with Crippen LogP contribution in [0.5, 0.6) is 5.75 Å². The maximum atomic E-state index is 5.85. The Morgan fingerprint density at radius 1 is 1.32 bits per heavy atom. The van der Waals surface area contributed by atoms with Gasteiger partial charge < -0.3 is 15.4 Å². The Labute approximate surface area is 116 Å². The lowest BCUT2D eigenvalue weighted by Gasteiger charge is -2.33. The number of rotatable bonds is 6. The molecule has 0 spiro atoms. The lowest BCUT2D eigenvalue weighted by Crippen LogP contribution is -2.38. The van der Waals surface area contributed by atoms with Gasteiger partial charge in [0.2, 0.25) is 0 Å². The molecule has 1 aliphatic heterocycles. The third kappa shape index (κ3) is 4.22. The van der Waals surface area contributed by atoms with Crippen LogP contribution < -0.4 is 10.5 Å². The molecule has 1 aliphatic rings. The van der Waals surface area contributed by atoms with E-state index in [1.54, 1.807) is 0 Å². The summed E-state index contributed by atoms with van der Waals surface area (Å²) in [5.74, 6) is 0.941. The third-order valence-electron chi connectivity index (χ3n) is 3.98. The average molecular weight is 262 g/mol. The zero-order valence-electron chi connectivity index (χ0n) is 12.0. The molecule has 1 atom stereocenters. The summed E-state index contributed by atoms with van der Waals surface area (Å²) in [6, 6.07) is 8.78. The summed E-state index contributed by atoms with van der Waals surface area (Å²) in [5, 5.41) is 0. The number of ether oxygens (including phenoxy) is 1. The molecule has 2 N–H and O–H groups in total. The Hall–Kier alpha value is -1.06. The number of benzene rings is 1. The van der Waals surface area contributed by atoms with Gasteiger partial charge in [0, 0.05) is 24.7 Å². The van der Waals surface area contributed by atoms with Gasteiger partial charge in [-0.15, -0.1) is 0 Å². The van der Waals surface area contributed by atoms with Crippen LogP contribution in [0.1, 0.15) is 38.2 Å². The second-order valence-corrected chi connectivity index (χ2v) is 5.39. The van der Waals surface area contributed by atoms with E-state index in [1.807, 2.05) is 24.3 Å². The summed E-state index contributed by atoms with van der Waals surface area (Å²) in [6.07, 6.45) is 5.17. The summed E-state index contributed by atoms with van der Waals surface area (Å²) in [7, 11) is 0. The number of para-hydroxylation sites is 1. The van der Waals surface area contributed by atoms with Gasteiger partial charge in [-0.3, -0.25) is 0 Å². The van der Waals surface area contributed by atoms with Gasteiger partial charge in [-0.25, -0.2) is 0 Å². The molecular weight excluding hydrogens is 236 g/mol. The summed E-state index contributed by atoms with van der Waals surface area (Å²) >= 11 is 0. The molecule has 0 aliphatic carbocycles. The number of nitrogens with zero attached hydrogens (tertiary/aromatic N) is 1. The van der Waals surface area contributed by atoms with Crippen LogP contribution in [0.15, 0.2) is 24.3 Å². The summed E-state index contributed by atoms with van der Waals surface area (Å²) in [4.78, 5) is 2.59. The van der Waals surface area contributed by atoms with Crippen molar-refractivity contribution < 1.29 is 4.74 Å². The van der Waals surface area contributed by atoms with E-state index in [0.29, 0.717) is 6.54 Å². The molecule has 0 saturated carbocycles. The Morgan fingerprint density at radius 3 is 2.95 bits per heavy atom. The van der Waals surface area contributed by atoms with E-state index in [1.165, 1.54) is 25.8 Å². The highest BCUT2D eigenvalue weighted by atomic mass is 16.5. The van der Waals surface area contributed by atoms with Crippen molar-refractivity contribution in [1.29, 1.82) is 0 Å². The number of likely N-dealkylation sites (tertiary alicyclic amines) is 1. The van der Waals surface area contributed by atoms with E-state index < -0.39 is 0 Å². The van der Waals surface area contributed by atoms with Crippen LogP contribution in [0.2, 0.25) is 0 Å². The summed E-state index contributed by atoms with van der Waals surface area (Å²) in [6.45, 7) is 6.05. The molecule has 19 heavy (non-hydrogen) atoms. The zero-order valence-corrected chi connectivity index (χ0v) is 12.0. The molecule has 1 heterocycles. The van der Waals surface area contributed by atoms with Crippen molar-refractivity contribution in [2.45, 2.75) is 45.2 Å². The predicted octanol–water partition coefficient (Wildman–Crippen LogP) is 2.79. The topological polar surface area (TPSA) is 38.5 Å². The SMILES string of the molecule is CC1CCCCN1CCCOc1ccccc1CN. The molecule has 106 valence electrons. The molecule has 2 rings (SSSR count). The number of hydrogen-bond donors (Lipinski definition) is 1. The first-order valence-electron chi connectivity index (χ1n) is 7.46. The normalized spacial score (nSPS) is 20.4. The molecule has 0 bridgehead atoms. The molecule has 1 aromatic rings. The van der Waals surface area contributed by atoms with E-state index in [0.717, 1.165) is 36.9 Å². The molecular formula is C16H26N2O. The molecule has 3 heteroatoms. The Kier molecular flexibility index (Phi) is 5.67. The Morgan fingerprint density at radius 2 is 2.16 bits per heavy atom. The maximum absolute atomic E-state index is 5.85. The molecule has 1 fully saturated rings. The van der Waals surface area contributed by atoms with E-state index >= 15 is 0 Å². The van der Waals surface area contributed by atoms with Crippen molar-refractivity contribution >= 4 is 0 Å². The van der Waals surface area contributed by atoms with E-state index in [-0.39, 0.29) is 0 Å². The lowest BCUT2D eigenvalue weighted by atomic mass is 10.0. The van der Waals surface area contributed by atoms with Gasteiger partial charge in [-0.2, -0.15) is 0 Å². The smallest absolute Gasteiger partial charge is 0.123 e. The van der Waals surface area contributed by atoms with Crippen LogP contribution in [0.4, 0.5) is 0 Å². The summed E-state index contributed by atoms with van der Waals surface area (Å²) in [5.41, 5.74) is 6.79. The largest absolute Gasteiger partial charge is 0.493 e. The molecule has 0 aromatic heterocycles. The van der Waals surface area contributed by atoms with E-state index in [2.05, 4.69) is 11.8 Å². The molecule has 0 amide bonds. The standard InChI is InChI=1S/C16H26N2O/c1-14-7-4-5-10-18(14)11-6-12-19-16-9-3-2-8-15(16)13-17/h2-3,8-9,14H,4-7,10-13,17H2,1H3. The Bertz CT molecular complexity index is 381. The molecule has 3 nitrogen and oxygen atoms in total. The minimum Gasteiger partial charge on any atom is -0.493 e. The lowest BCUT2D eigenvalue weighted by molar-refractivity contribution is 0.148. The molecule has 0 radical (unpaired) electrons. The van der Waals surface area contributed by atoms with Crippen LogP contribution in [-0.2, 0) is 6.54 Å². The Balaban J connectivity index is 1.71. The molecule has 1 saturated heterocycles. The minimum absolute atomic E-state index is 0.541. The average Bonchev–Trinajstić information content (AvgIpc) is 2.45. The quantitative estimate of drug-likeness (QED) is 0.801. The van der Waals surface area contributed by atoms with Crippen molar-refractivity contribution in [2.75, 3.05) is 19.7 Å². The fourth-order valence-corrected chi connectivity index (χ4v) is 2.75. The highest BCUT2D eigenvalue weighted by molar-refractivity contribution is 5.32. The number of hydrogen-bond acceptors (Lipinski definition) is 3. The molecule has 1 unspecified atom stereocenters. The van der Waals surface area contributed by atoms with Crippen molar-refractivity contribution in [3.63, 3.8) is 0 Å². The van der Waals surface area contributed by atoms with Gasteiger partial charge in [0.1, 0.15) is 5.75 Å². The number of piperidine rings is 1. The monoisotopic (exact) mass is 262 g/mol. The maximum Gasteiger partial charge on any atom is 0.123 e. The van der Waals surface area contributed by atoms with Crippen molar-refractivity contribution in [1.82, 2.24) is 4.90 Å². The van der Waals surface area contributed by atoms with Crippen LogP contribution in [0.3, 0.4) is 0 Å². The highest BCUT2D eigenvalue weighted by Gasteiger charge is 2.17. The predicted molar refractivity (Wildman–Crippen MR) is 79.3 cm³/mol. The first kappa shape index (κ1) is 14.4. The van der Waals surface area contributed by atoms with Gasteiger partial charge in [0.25, 0.3) is 0 Å². The number of nitrogens with two attached hydrogens (primary N) is 1. The first-order valence-corrected chi connectivity index (χ1v) is 7.46. The fourth-order valence-electron chi connectivity index (χ4n) is 2.75. The van der Waals surface area contributed by atoms with Crippen molar-refractivity contribution in [3.8, 4) is 5.75 Å². The van der Waals surface area contributed by atoms with Crippen LogP contribution >= 0.6 is 0 Å². The third-order valence-corrected chi connectivity index (χ3v) is 3.98. The fraction of sp³-hybridized carbons (Fsp3) is 0.625. The summed E-state index contributed by atoms with van der Waals surface area (Å²) < 4.78 is 5.85. The van der Waals surface area contributed by atoms with E-state index in [4.69, 9.17) is 10.5 Å². The van der Waals surface area contributed by atoms with E-state index in [9.17, 15) is 0 Å². The van der Waals surface area contributed by atoms with Gasteiger partial charge in [-0.05, 0) is 38.8 Å². The van der Waals surface area contributed by atoms with Crippen molar-refractivity contribution in [3.05, 3.63) is 29.8 Å². The first-order chi connectivity index (χ1) is 9.31. The van der Waals surface area contributed by atoms with Gasteiger partial charge in [0.05, 0.1) is 6.61 Å². The van der Waals surface area contributed by atoms with Crippen LogP contribution in [-0.4, -0.2) is 30.6 Å². The minimum atomic E-state index is 0.541. The van der Waals surface area contributed by atoms with Crippen LogP contribution in [0, 0.1) is 0 Å². The second-order valence-electron chi connectivity index (χ2n) is 5.39. The zero-order chi connectivity index (χ0) is 13.5. The van der Waals surface area contributed by atoms with Gasteiger partial charge in [-0.1, -0.05) is 24.6 Å². The highest BCUT2D eigenvalue weighted by Crippen LogP contribution is 2.18. The van der Waals surface area contributed by atoms with Gasteiger partial charge in [0.15, 0.2) is 0 Å². The van der Waals surface area contributed by atoms with Crippen molar-refractivity contribution in [2.24, 2.45) is 5.73 Å². The van der Waals surface area contributed by atoms with Gasteiger partial charge >= 0.3 is 0 Å². The molecule has 1 aromatic carbocycles. The second kappa shape index (κ2) is 7.51.